The normalized spacial score (nSPS) is 12.7. The van der Waals surface area contributed by atoms with Crippen molar-refractivity contribution in [1.82, 2.24) is 14.1 Å². The molecule has 0 amide bonds. The number of pyridine rings is 1. The van der Waals surface area contributed by atoms with E-state index in [4.69, 9.17) is 9.72 Å². The summed E-state index contributed by atoms with van der Waals surface area (Å²) in [5.41, 5.74) is 9.32. The fraction of sp³-hybridized carbons (Fsp3) is 0.0833. The van der Waals surface area contributed by atoms with Crippen LogP contribution in [0.5, 0.6) is 11.5 Å². The number of hydrogen-bond acceptors (Lipinski definition) is 4. The topological polar surface area (TPSA) is 38.5 Å². The minimum atomic E-state index is -0.137. The Morgan fingerprint density at radius 3 is 2.07 bits per heavy atom. The fourth-order valence-electron chi connectivity index (χ4n) is 7.49. The van der Waals surface area contributed by atoms with Crippen LogP contribution in [0.15, 0.2) is 158 Å². The third-order valence-corrected chi connectivity index (χ3v) is 10.2. The molecule has 0 unspecified atom stereocenters. The molecule has 0 fully saturated rings. The number of para-hydroxylation sites is 5. The predicted molar refractivity (Wildman–Crippen MR) is 220 cm³/mol. The molecule has 0 aliphatic carbocycles. The van der Waals surface area contributed by atoms with Gasteiger partial charge in [-0.05, 0) is 59.3 Å². The van der Waals surface area contributed by atoms with Gasteiger partial charge in [-0.25, -0.2) is 4.98 Å². The van der Waals surface area contributed by atoms with E-state index in [0.717, 1.165) is 72.5 Å². The molecule has 0 radical (unpaired) electrons. The van der Waals surface area contributed by atoms with Crippen LogP contribution in [0.4, 0.5) is 22.7 Å². The van der Waals surface area contributed by atoms with Crippen molar-refractivity contribution in [2.24, 2.45) is 0 Å². The van der Waals surface area contributed by atoms with E-state index in [1.807, 2.05) is 24.4 Å². The molecule has 272 valence electrons. The van der Waals surface area contributed by atoms with Crippen LogP contribution in [0, 0.1) is 18.8 Å². The van der Waals surface area contributed by atoms with Crippen molar-refractivity contribution in [3.8, 4) is 23.0 Å². The Morgan fingerprint density at radius 2 is 1.31 bits per heavy atom. The molecule has 1 aliphatic rings. The zero-order chi connectivity index (χ0) is 36.4. The minimum Gasteiger partial charge on any atom is -0.509 e. The Hall–Kier alpha value is -6.10. The van der Waals surface area contributed by atoms with E-state index in [-0.39, 0.29) is 26.5 Å². The van der Waals surface area contributed by atoms with E-state index in [2.05, 4.69) is 192 Å². The zero-order valence-corrected chi connectivity index (χ0v) is 32.8. The molecule has 55 heavy (non-hydrogen) atoms. The SMILES string of the molecule is CC(C)(C)c1cc(Oc2[c-]c3c(cc2)c2ccccc2n3-c2cc3c(ccn3-c3ccccc3)cn2)[c-]c(N2[CH-]N(c3ccccc3)c3ccccc32)c1.[Pt]. The van der Waals surface area contributed by atoms with Gasteiger partial charge in [0.2, 0.25) is 0 Å². The molecule has 0 atom stereocenters. The Labute approximate surface area is 335 Å². The van der Waals surface area contributed by atoms with Crippen molar-refractivity contribution in [3.63, 3.8) is 0 Å². The number of anilines is 4. The van der Waals surface area contributed by atoms with Crippen LogP contribution in [0.25, 0.3) is 44.2 Å². The number of rotatable bonds is 6. The van der Waals surface area contributed by atoms with Crippen LogP contribution in [0.1, 0.15) is 26.3 Å². The van der Waals surface area contributed by atoms with Crippen molar-refractivity contribution in [3.05, 3.63) is 182 Å². The first-order valence-electron chi connectivity index (χ1n) is 18.2. The second-order valence-electron chi connectivity index (χ2n) is 14.7. The third kappa shape index (κ3) is 6.07. The molecule has 3 aromatic heterocycles. The summed E-state index contributed by atoms with van der Waals surface area (Å²) in [6.45, 7) is 8.81. The van der Waals surface area contributed by atoms with Gasteiger partial charge in [-0.3, -0.25) is 0 Å². The summed E-state index contributed by atoms with van der Waals surface area (Å²) in [6, 6.07) is 57.7. The Kier molecular flexibility index (Phi) is 8.59. The molecule has 0 spiro atoms. The van der Waals surface area contributed by atoms with Gasteiger partial charge in [0.15, 0.2) is 0 Å². The maximum absolute atomic E-state index is 6.74. The molecule has 0 saturated carbocycles. The number of ether oxygens (including phenoxy) is 1. The number of hydrogen-bond donors (Lipinski definition) is 0. The van der Waals surface area contributed by atoms with E-state index in [1.54, 1.807) is 0 Å². The summed E-state index contributed by atoms with van der Waals surface area (Å²) in [5, 5.41) is 3.28. The smallest absolute Gasteiger partial charge is 0.137 e. The second kappa shape index (κ2) is 13.6. The summed E-state index contributed by atoms with van der Waals surface area (Å²) in [7, 11) is 0. The van der Waals surface area contributed by atoms with Gasteiger partial charge in [0.25, 0.3) is 0 Å². The van der Waals surface area contributed by atoms with Gasteiger partial charge in [0, 0.05) is 84.7 Å². The Balaban J connectivity index is 0.00000397. The first kappa shape index (κ1) is 34.7. The molecule has 0 N–H and O–H groups in total. The van der Waals surface area contributed by atoms with Crippen molar-refractivity contribution in [2.75, 3.05) is 9.80 Å². The molecular weight excluding hydrogens is 858 g/mol. The summed E-state index contributed by atoms with van der Waals surface area (Å²) in [4.78, 5) is 9.40. The van der Waals surface area contributed by atoms with E-state index in [9.17, 15) is 0 Å². The summed E-state index contributed by atoms with van der Waals surface area (Å²) in [6.07, 6.45) is 4.05. The largest absolute Gasteiger partial charge is 0.509 e. The van der Waals surface area contributed by atoms with Crippen molar-refractivity contribution >= 4 is 55.5 Å². The molecule has 4 heterocycles. The Morgan fingerprint density at radius 1 is 0.618 bits per heavy atom. The van der Waals surface area contributed by atoms with Crippen molar-refractivity contribution in [1.29, 1.82) is 0 Å². The van der Waals surface area contributed by atoms with E-state index in [1.165, 1.54) is 0 Å². The van der Waals surface area contributed by atoms with Crippen molar-refractivity contribution in [2.45, 2.75) is 26.2 Å². The van der Waals surface area contributed by atoms with Gasteiger partial charge in [-0.15, -0.1) is 53.6 Å². The first-order chi connectivity index (χ1) is 26.4. The molecule has 6 nitrogen and oxygen atoms in total. The zero-order valence-electron chi connectivity index (χ0n) is 30.5. The number of fused-ring (bicyclic) bond motifs is 5. The summed E-state index contributed by atoms with van der Waals surface area (Å²) < 4.78 is 11.1. The van der Waals surface area contributed by atoms with Crippen LogP contribution in [0.2, 0.25) is 0 Å². The van der Waals surface area contributed by atoms with Gasteiger partial charge in [0.1, 0.15) is 5.82 Å². The van der Waals surface area contributed by atoms with Crippen LogP contribution < -0.4 is 14.5 Å². The van der Waals surface area contributed by atoms with Gasteiger partial charge in [-0.1, -0.05) is 93.0 Å². The number of aromatic nitrogens is 3. The Bertz CT molecular complexity index is 2840. The maximum atomic E-state index is 6.74. The molecule has 0 bridgehead atoms. The van der Waals surface area contributed by atoms with Gasteiger partial charge in [0.05, 0.1) is 5.52 Å². The summed E-state index contributed by atoms with van der Waals surface area (Å²) >= 11 is 0. The molecular formula is C48H36N5OPt-3. The minimum absolute atomic E-state index is 0. The number of benzene rings is 6. The van der Waals surface area contributed by atoms with Crippen LogP contribution in [-0.2, 0) is 26.5 Å². The van der Waals surface area contributed by atoms with Crippen LogP contribution in [-0.4, -0.2) is 14.1 Å². The molecule has 0 saturated heterocycles. The second-order valence-corrected chi connectivity index (χ2v) is 14.7. The monoisotopic (exact) mass is 893 g/mol. The van der Waals surface area contributed by atoms with Crippen LogP contribution in [0.3, 0.4) is 0 Å². The average Bonchev–Trinajstić information content (AvgIpc) is 3.90. The quantitative estimate of drug-likeness (QED) is 0.156. The average molecular weight is 894 g/mol. The van der Waals surface area contributed by atoms with Crippen molar-refractivity contribution < 1.29 is 25.8 Å². The molecule has 9 aromatic rings. The molecule has 6 aromatic carbocycles. The number of nitrogens with zero attached hydrogens (tertiary/aromatic N) is 5. The van der Waals surface area contributed by atoms with Gasteiger partial charge >= 0.3 is 0 Å². The molecule has 7 heteroatoms. The van der Waals surface area contributed by atoms with Gasteiger partial charge < -0.3 is 23.7 Å². The summed E-state index contributed by atoms with van der Waals surface area (Å²) in [5.74, 6) is 2.04. The van der Waals surface area contributed by atoms with E-state index >= 15 is 0 Å². The fourth-order valence-corrected chi connectivity index (χ4v) is 7.49. The molecule has 1 aliphatic heterocycles. The predicted octanol–water partition coefficient (Wildman–Crippen LogP) is 12.2. The van der Waals surface area contributed by atoms with Crippen LogP contribution >= 0.6 is 0 Å². The first-order valence-corrected chi connectivity index (χ1v) is 18.2. The maximum Gasteiger partial charge on any atom is 0.137 e. The van der Waals surface area contributed by atoms with E-state index < -0.39 is 0 Å². The standard InChI is InChI=1S/C48H36N5O.Pt/c1-48(2,3)34-26-37(52-32-51(36-16-8-5-9-17-36)43-20-12-13-21-44(43)52)28-39(27-34)54-38-22-23-41-40-18-10-11-19-42(40)53(46(41)29-38)47-30-45-33(31-49-47)24-25-50(45)35-14-6-4-7-15-35;/h4-27,30-32H,1-3H3;/q-3;. The van der Waals surface area contributed by atoms with Gasteiger partial charge in [-0.2, -0.15) is 6.07 Å². The third-order valence-electron chi connectivity index (χ3n) is 10.2. The van der Waals surface area contributed by atoms with E-state index in [0.29, 0.717) is 11.5 Å². The molecule has 10 rings (SSSR count).